The van der Waals surface area contributed by atoms with Crippen molar-refractivity contribution in [3.8, 4) is 0 Å². The highest BCUT2D eigenvalue weighted by molar-refractivity contribution is 7.99. The van der Waals surface area contributed by atoms with E-state index in [1.807, 2.05) is 17.6 Å². The van der Waals surface area contributed by atoms with Crippen LogP contribution in [0.4, 0.5) is 5.95 Å². The number of imidazole rings is 1. The molecule has 0 aromatic carbocycles. The molecule has 1 N–H and O–H groups in total. The molecule has 1 aliphatic rings. The Kier molecular flexibility index (Phi) is 6.21. The molecule has 160 valence electrons. The lowest BCUT2D eigenvalue weighted by atomic mass is 10.2. The smallest absolute Gasteiger partial charge is 0.329 e. The fourth-order valence-corrected chi connectivity index (χ4v) is 4.63. The molecule has 0 spiro atoms. The first kappa shape index (κ1) is 20.6. The Morgan fingerprint density at radius 2 is 1.90 bits per heavy atom. The number of thioether (sulfide) groups is 1. The zero-order chi connectivity index (χ0) is 21.1. The highest BCUT2D eigenvalue weighted by atomic mass is 32.2. The molecule has 0 radical (unpaired) electrons. The third kappa shape index (κ3) is 4.28. The second kappa shape index (κ2) is 9.03. The molecule has 0 unspecified atom stereocenters. The van der Waals surface area contributed by atoms with E-state index in [-0.39, 0.29) is 5.56 Å². The lowest BCUT2D eigenvalue weighted by Gasteiger charge is -2.22. The zero-order valence-corrected chi connectivity index (χ0v) is 18.2. The van der Waals surface area contributed by atoms with Crippen molar-refractivity contribution in [2.24, 2.45) is 7.05 Å². The van der Waals surface area contributed by atoms with Crippen molar-refractivity contribution in [2.45, 2.75) is 50.7 Å². The van der Waals surface area contributed by atoms with Gasteiger partial charge in [-0.3, -0.25) is 14.3 Å². The summed E-state index contributed by atoms with van der Waals surface area (Å²) in [6.07, 6.45) is 7.24. The predicted octanol–water partition coefficient (Wildman–Crippen LogP) is 2.08. The predicted molar refractivity (Wildman–Crippen MR) is 118 cm³/mol. The number of nitrogens with zero attached hydrogens (tertiary/aromatic N) is 6. The van der Waals surface area contributed by atoms with Gasteiger partial charge in [0, 0.05) is 44.3 Å². The van der Waals surface area contributed by atoms with Crippen molar-refractivity contribution in [3.05, 3.63) is 38.8 Å². The minimum Gasteiger partial charge on any atom is -0.342 e. The maximum atomic E-state index is 12.7. The highest BCUT2D eigenvalue weighted by Gasteiger charge is 2.22. The number of aromatic amines is 1. The average molecular weight is 430 g/mol. The number of rotatable bonds is 6. The molecule has 0 aliphatic carbocycles. The summed E-state index contributed by atoms with van der Waals surface area (Å²) < 4.78 is 3.40. The van der Waals surface area contributed by atoms with Gasteiger partial charge < -0.3 is 9.47 Å². The standard InChI is InChI=1S/C20H27N7O2S/c1-14-8-9-21-18(22-14)30-13-7-12-27-15-16(25(2)20(29)24-17(15)28)23-19(27)26-10-5-3-4-6-11-26/h8-9H,3-7,10-13H2,1-2H3,(H,24,28,29). The van der Waals surface area contributed by atoms with Gasteiger partial charge in [-0.25, -0.2) is 14.8 Å². The van der Waals surface area contributed by atoms with Crippen LogP contribution in [-0.2, 0) is 13.6 Å². The molecular weight excluding hydrogens is 402 g/mol. The van der Waals surface area contributed by atoms with Crippen molar-refractivity contribution >= 4 is 28.9 Å². The van der Waals surface area contributed by atoms with Gasteiger partial charge in [0.2, 0.25) is 5.95 Å². The van der Waals surface area contributed by atoms with Gasteiger partial charge in [0.15, 0.2) is 16.3 Å². The van der Waals surface area contributed by atoms with Crippen LogP contribution in [0.15, 0.2) is 27.0 Å². The first-order chi connectivity index (χ1) is 14.5. The molecular formula is C20H27N7O2S. The van der Waals surface area contributed by atoms with Crippen LogP contribution >= 0.6 is 11.8 Å². The van der Waals surface area contributed by atoms with E-state index in [0.29, 0.717) is 17.7 Å². The lowest BCUT2D eigenvalue weighted by molar-refractivity contribution is 0.661. The Balaban J connectivity index is 1.62. The number of aryl methyl sites for hydroxylation is 3. The molecule has 0 bridgehead atoms. The van der Waals surface area contributed by atoms with Crippen LogP contribution in [0.3, 0.4) is 0 Å². The van der Waals surface area contributed by atoms with Crippen LogP contribution in [0.2, 0.25) is 0 Å². The third-order valence-corrected chi connectivity index (χ3v) is 6.35. The second-order valence-corrected chi connectivity index (χ2v) is 8.70. The van der Waals surface area contributed by atoms with E-state index in [1.165, 1.54) is 17.4 Å². The van der Waals surface area contributed by atoms with Gasteiger partial charge in [-0.2, -0.15) is 4.98 Å². The van der Waals surface area contributed by atoms with Gasteiger partial charge in [0.05, 0.1) is 0 Å². The number of H-pyrrole nitrogens is 1. The molecule has 3 aromatic heterocycles. The molecule has 0 atom stereocenters. The Bertz CT molecular complexity index is 1140. The molecule has 3 aromatic rings. The largest absolute Gasteiger partial charge is 0.342 e. The topological polar surface area (TPSA) is 102 Å². The number of aromatic nitrogens is 6. The second-order valence-electron chi connectivity index (χ2n) is 7.64. The normalized spacial score (nSPS) is 14.9. The Labute approximate surface area is 178 Å². The number of fused-ring (bicyclic) bond motifs is 1. The van der Waals surface area contributed by atoms with Crippen molar-refractivity contribution < 1.29 is 0 Å². The molecule has 4 rings (SSSR count). The summed E-state index contributed by atoms with van der Waals surface area (Å²) in [6, 6.07) is 1.88. The van der Waals surface area contributed by atoms with Crippen molar-refractivity contribution in [3.63, 3.8) is 0 Å². The summed E-state index contributed by atoms with van der Waals surface area (Å²) in [4.78, 5) is 42.9. The van der Waals surface area contributed by atoms with Gasteiger partial charge in [0.25, 0.3) is 5.56 Å². The van der Waals surface area contributed by atoms with Crippen molar-refractivity contribution in [2.75, 3.05) is 23.7 Å². The fourth-order valence-electron chi connectivity index (χ4n) is 3.83. The monoisotopic (exact) mass is 429 g/mol. The van der Waals surface area contributed by atoms with Crippen molar-refractivity contribution in [1.29, 1.82) is 0 Å². The van der Waals surface area contributed by atoms with E-state index in [1.54, 1.807) is 25.0 Å². The highest BCUT2D eigenvalue weighted by Crippen LogP contribution is 2.24. The van der Waals surface area contributed by atoms with Crippen molar-refractivity contribution in [1.82, 2.24) is 29.1 Å². The lowest BCUT2D eigenvalue weighted by Crippen LogP contribution is -2.30. The number of nitrogens with one attached hydrogen (secondary N) is 1. The van der Waals surface area contributed by atoms with Gasteiger partial charge in [-0.1, -0.05) is 24.6 Å². The molecule has 1 fully saturated rings. The van der Waals surface area contributed by atoms with E-state index < -0.39 is 5.69 Å². The van der Waals surface area contributed by atoms with E-state index in [0.717, 1.165) is 54.9 Å². The zero-order valence-electron chi connectivity index (χ0n) is 17.4. The molecule has 10 heteroatoms. The van der Waals surface area contributed by atoms with Gasteiger partial charge in [-0.15, -0.1) is 0 Å². The van der Waals surface area contributed by atoms with Crippen LogP contribution in [0.1, 0.15) is 37.8 Å². The summed E-state index contributed by atoms with van der Waals surface area (Å²) >= 11 is 1.61. The summed E-state index contributed by atoms with van der Waals surface area (Å²) in [6.45, 7) is 4.43. The van der Waals surface area contributed by atoms with Crippen LogP contribution < -0.4 is 16.1 Å². The molecule has 4 heterocycles. The van der Waals surface area contributed by atoms with E-state index >= 15 is 0 Å². The number of anilines is 1. The average Bonchev–Trinajstić information content (AvgIpc) is 2.90. The number of hydrogen-bond donors (Lipinski definition) is 1. The van der Waals surface area contributed by atoms with E-state index in [4.69, 9.17) is 4.98 Å². The third-order valence-electron chi connectivity index (χ3n) is 5.41. The molecule has 9 nitrogen and oxygen atoms in total. The van der Waals surface area contributed by atoms with E-state index in [9.17, 15) is 9.59 Å². The van der Waals surface area contributed by atoms with Crippen LogP contribution in [0.5, 0.6) is 0 Å². The van der Waals surface area contributed by atoms with Crippen LogP contribution in [0.25, 0.3) is 11.2 Å². The van der Waals surface area contributed by atoms with Crippen LogP contribution in [0, 0.1) is 6.92 Å². The van der Waals surface area contributed by atoms with Crippen LogP contribution in [-0.4, -0.2) is 47.9 Å². The quantitative estimate of drug-likeness (QED) is 0.364. The molecule has 1 aliphatic heterocycles. The van der Waals surface area contributed by atoms with Gasteiger partial charge in [0.1, 0.15) is 0 Å². The summed E-state index contributed by atoms with van der Waals surface area (Å²) in [7, 11) is 1.65. The molecule has 0 amide bonds. The summed E-state index contributed by atoms with van der Waals surface area (Å²) in [5.41, 5.74) is 1.04. The molecule has 0 saturated carbocycles. The Morgan fingerprint density at radius 3 is 2.63 bits per heavy atom. The van der Waals surface area contributed by atoms with E-state index in [2.05, 4.69) is 19.9 Å². The maximum absolute atomic E-state index is 12.7. The number of hydrogen-bond acceptors (Lipinski definition) is 7. The first-order valence-corrected chi connectivity index (χ1v) is 11.4. The minimum atomic E-state index is -0.438. The molecule has 30 heavy (non-hydrogen) atoms. The SMILES string of the molecule is Cc1ccnc(SCCCn2c(N3CCCCCC3)nc3c2c(=O)[nH]c(=O)n3C)n1. The summed E-state index contributed by atoms with van der Waals surface area (Å²) in [5.74, 6) is 1.61. The fraction of sp³-hybridized carbons (Fsp3) is 0.550. The summed E-state index contributed by atoms with van der Waals surface area (Å²) in [5, 5.41) is 0.762. The first-order valence-electron chi connectivity index (χ1n) is 10.4. The Hall–Kier alpha value is -2.62. The Morgan fingerprint density at radius 1 is 1.13 bits per heavy atom. The minimum absolute atomic E-state index is 0.378. The molecule has 1 saturated heterocycles. The van der Waals surface area contributed by atoms with Gasteiger partial charge >= 0.3 is 5.69 Å². The maximum Gasteiger partial charge on any atom is 0.329 e. The van der Waals surface area contributed by atoms with Gasteiger partial charge in [-0.05, 0) is 32.3 Å².